The molecule has 112 valence electrons. The summed E-state index contributed by atoms with van der Waals surface area (Å²) in [7, 11) is 5.08. The molecule has 0 unspecified atom stereocenters. The second-order valence-electron chi connectivity index (χ2n) is 4.74. The zero-order chi connectivity index (χ0) is 15.2. The molecule has 7 nitrogen and oxygen atoms in total. The number of aromatic nitrogens is 3. The van der Waals surface area contributed by atoms with Gasteiger partial charge in [-0.05, 0) is 12.1 Å². The van der Waals surface area contributed by atoms with E-state index in [1.807, 2.05) is 6.20 Å². The van der Waals surface area contributed by atoms with E-state index in [4.69, 9.17) is 4.74 Å². The Balaban J connectivity index is 2.00. The standard InChI is InChI=1S/C14H19N5O2/c1-18(2)14(20)11-4-5-13(15-8-11)17-12-9-16-19(10-12)6-7-21-3/h4-5,8-10H,6-7H2,1-3H3,(H,15,17). The maximum absolute atomic E-state index is 11.8. The summed E-state index contributed by atoms with van der Waals surface area (Å²) in [5.74, 6) is 0.595. The Morgan fingerprint density at radius 2 is 2.19 bits per heavy atom. The highest BCUT2D eigenvalue weighted by Crippen LogP contribution is 2.14. The minimum atomic E-state index is -0.0681. The molecule has 0 saturated carbocycles. The molecule has 0 saturated heterocycles. The van der Waals surface area contributed by atoms with Gasteiger partial charge in [0.25, 0.3) is 5.91 Å². The van der Waals surface area contributed by atoms with Gasteiger partial charge in [-0.15, -0.1) is 0 Å². The molecule has 0 spiro atoms. The van der Waals surface area contributed by atoms with Gasteiger partial charge in [-0.2, -0.15) is 5.10 Å². The molecule has 7 heteroatoms. The first kappa shape index (κ1) is 15.0. The second-order valence-corrected chi connectivity index (χ2v) is 4.74. The normalized spacial score (nSPS) is 10.4. The van der Waals surface area contributed by atoms with Crippen LogP contribution in [0.2, 0.25) is 0 Å². The van der Waals surface area contributed by atoms with Gasteiger partial charge in [0, 0.05) is 33.6 Å². The largest absolute Gasteiger partial charge is 0.383 e. The van der Waals surface area contributed by atoms with Crippen LogP contribution in [0.25, 0.3) is 0 Å². The molecule has 1 N–H and O–H groups in total. The van der Waals surface area contributed by atoms with Crippen LogP contribution in [-0.2, 0) is 11.3 Å². The van der Waals surface area contributed by atoms with Crippen molar-refractivity contribution < 1.29 is 9.53 Å². The van der Waals surface area contributed by atoms with Gasteiger partial charge in [-0.25, -0.2) is 4.98 Å². The van der Waals surface area contributed by atoms with E-state index in [-0.39, 0.29) is 5.91 Å². The summed E-state index contributed by atoms with van der Waals surface area (Å²) in [6.45, 7) is 1.31. The Bertz CT molecular complexity index is 592. The van der Waals surface area contributed by atoms with E-state index >= 15 is 0 Å². The average Bonchev–Trinajstić information content (AvgIpc) is 2.92. The van der Waals surface area contributed by atoms with E-state index in [2.05, 4.69) is 15.4 Å². The lowest BCUT2D eigenvalue weighted by Gasteiger charge is -2.10. The van der Waals surface area contributed by atoms with E-state index in [1.165, 1.54) is 4.90 Å². The van der Waals surface area contributed by atoms with Gasteiger partial charge < -0.3 is 15.0 Å². The molecule has 0 aliphatic heterocycles. The van der Waals surface area contributed by atoms with Crippen LogP contribution in [0, 0.1) is 0 Å². The number of carbonyl (C=O) groups excluding carboxylic acids is 1. The van der Waals surface area contributed by atoms with Crippen LogP contribution >= 0.6 is 0 Å². The molecular formula is C14H19N5O2. The highest BCUT2D eigenvalue weighted by Gasteiger charge is 2.08. The summed E-state index contributed by atoms with van der Waals surface area (Å²) < 4.78 is 6.79. The molecule has 21 heavy (non-hydrogen) atoms. The van der Waals surface area contributed by atoms with Gasteiger partial charge in [0.1, 0.15) is 5.82 Å². The van der Waals surface area contributed by atoms with Crippen molar-refractivity contribution in [2.45, 2.75) is 6.54 Å². The predicted octanol–water partition coefficient (Wildman–Crippen LogP) is 1.37. The van der Waals surface area contributed by atoms with Gasteiger partial charge in [0.15, 0.2) is 0 Å². The van der Waals surface area contributed by atoms with Crippen LogP contribution < -0.4 is 5.32 Å². The number of nitrogens with one attached hydrogen (secondary N) is 1. The Labute approximate surface area is 123 Å². The average molecular weight is 289 g/mol. The van der Waals surface area contributed by atoms with E-state index in [0.29, 0.717) is 24.5 Å². The van der Waals surface area contributed by atoms with Crippen LogP contribution in [0.3, 0.4) is 0 Å². The van der Waals surface area contributed by atoms with Crippen molar-refractivity contribution in [1.82, 2.24) is 19.7 Å². The van der Waals surface area contributed by atoms with Crippen molar-refractivity contribution in [3.8, 4) is 0 Å². The molecule has 0 aliphatic rings. The third-order valence-corrected chi connectivity index (χ3v) is 2.85. The molecule has 0 fully saturated rings. The Hall–Kier alpha value is -2.41. The third-order valence-electron chi connectivity index (χ3n) is 2.85. The Kier molecular flexibility index (Phi) is 4.89. The van der Waals surface area contributed by atoms with Crippen molar-refractivity contribution in [2.24, 2.45) is 0 Å². The fourth-order valence-electron chi connectivity index (χ4n) is 1.74. The second kappa shape index (κ2) is 6.85. The summed E-state index contributed by atoms with van der Waals surface area (Å²) in [6, 6.07) is 3.51. The van der Waals surface area contributed by atoms with Crippen molar-refractivity contribution in [3.63, 3.8) is 0 Å². The van der Waals surface area contributed by atoms with Crippen LogP contribution in [0.1, 0.15) is 10.4 Å². The third kappa shape index (κ3) is 4.03. The maximum atomic E-state index is 11.8. The number of carbonyl (C=O) groups is 1. The summed E-state index contributed by atoms with van der Waals surface area (Å²) >= 11 is 0. The van der Waals surface area contributed by atoms with Crippen LogP contribution in [-0.4, -0.2) is 53.4 Å². The number of nitrogens with zero attached hydrogens (tertiary/aromatic N) is 4. The number of hydrogen-bond donors (Lipinski definition) is 1. The lowest BCUT2D eigenvalue weighted by molar-refractivity contribution is 0.0827. The number of rotatable bonds is 6. The fourth-order valence-corrected chi connectivity index (χ4v) is 1.74. The Morgan fingerprint density at radius 1 is 1.38 bits per heavy atom. The zero-order valence-corrected chi connectivity index (χ0v) is 12.4. The number of pyridine rings is 1. The van der Waals surface area contributed by atoms with E-state index < -0.39 is 0 Å². The highest BCUT2D eigenvalue weighted by molar-refractivity contribution is 5.93. The molecule has 2 rings (SSSR count). The van der Waals surface area contributed by atoms with Crippen molar-refractivity contribution >= 4 is 17.4 Å². The number of anilines is 2. The molecule has 1 amide bonds. The van der Waals surface area contributed by atoms with E-state index in [1.54, 1.807) is 50.4 Å². The first-order valence-corrected chi connectivity index (χ1v) is 6.56. The molecular weight excluding hydrogens is 270 g/mol. The van der Waals surface area contributed by atoms with Crippen LogP contribution in [0.15, 0.2) is 30.7 Å². The number of amides is 1. The summed E-state index contributed by atoms with van der Waals surface area (Å²) in [6.07, 6.45) is 5.15. The fraction of sp³-hybridized carbons (Fsp3) is 0.357. The minimum Gasteiger partial charge on any atom is -0.383 e. The lowest BCUT2D eigenvalue weighted by atomic mass is 10.2. The monoisotopic (exact) mass is 289 g/mol. The molecule has 0 radical (unpaired) electrons. The molecule has 2 aromatic heterocycles. The van der Waals surface area contributed by atoms with Crippen LogP contribution in [0.5, 0.6) is 0 Å². The number of ether oxygens (including phenoxy) is 1. The van der Waals surface area contributed by atoms with Crippen molar-refractivity contribution in [3.05, 3.63) is 36.3 Å². The quantitative estimate of drug-likeness (QED) is 0.869. The molecule has 0 atom stereocenters. The molecule has 0 aromatic carbocycles. The highest BCUT2D eigenvalue weighted by atomic mass is 16.5. The molecule has 0 bridgehead atoms. The van der Waals surface area contributed by atoms with Gasteiger partial charge in [-0.1, -0.05) is 0 Å². The summed E-state index contributed by atoms with van der Waals surface area (Å²) in [5.41, 5.74) is 1.40. The number of methoxy groups -OCH3 is 1. The summed E-state index contributed by atoms with van der Waals surface area (Å²) in [5, 5.41) is 7.34. The summed E-state index contributed by atoms with van der Waals surface area (Å²) in [4.78, 5) is 17.5. The first-order chi connectivity index (χ1) is 10.1. The van der Waals surface area contributed by atoms with Crippen molar-refractivity contribution in [2.75, 3.05) is 33.1 Å². The van der Waals surface area contributed by atoms with E-state index in [9.17, 15) is 4.79 Å². The van der Waals surface area contributed by atoms with Crippen LogP contribution in [0.4, 0.5) is 11.5 Å². The van der Waals surface area contributed by atoms with E-state index in [0.717, 1.165) is 5.69 Å². The topological polar surface area (TPSA) is 72.3 Å². The maximum Gasteiger partial charge on any atom is 0.254 e. The van der Waals surface area contributed by atoms with Gasteiger partial charge >= 0.3 is 0 Å². The molecule has 2 heterocycles. The van der Waals surface area contributed by atoms with Crippen molar-refractivity contribution in [1.29, 1.82) is 0 Å². The zero-order valence-electron chi connectivity index (χ0n) is 12.4. The molecule has 2 aromatic rings. The number of hydrogen-bond acceptors (Lipinski definition) is 5. The van der Waals surface area contributed by atoms with Gasteiger partial charge in [0.05, 0.1) is 30.6 Å². The first-order valence-electron chi connectivity index (χ1n) is 6.56. The minimum absolute atomic E-state index is 0.0681. The predicted molar refractivity (Wildman–Crippen MR) is 79.6 cm³/mol. The Morgan fingerprint density at radius 3 is 2.81 bits per heavy atom. The van der Waals surface area contributed by atoms with Gasteiger partial charge in [-0.3, -0.25) is 9.48 Å². The smallest absolute Gasteiger partial charge is 0.254 e. The SMILES string of the molecule is COCCn1cc(Nc2ccc(C(=O)N(C)C)cn2)cn1. The van der Waals surface area contributed by atoms with Gasteiger partial charge in [0.2, 0.25) is 0 Å². The lowest BCUT2D eigenvalue weighted by Crippen LogP contribution is -2.21. The molecule has 0 aliphatic carbocycles.